The summed E-state index contributed by atoms with van der Waals surface area (Å²) in [6, 6.07) is 7.38. The van der Waals surface area contributed by atoms with E-state index in [9.17, 15) is 13.2 Å². The second-order valence-corrected chi connectivity index (χ2v) is 10.3. The van der Waals surface area contributed by atoms with E-state index in [-0.39, 0.29) is 18.0 Å². The zero-order chi connectivity index (χ0) is 21.6. The van der Waals surface area contributed by atoms with Gasteiger partial charge in [-0.2, -0.15) is 4.31 Å². The Hall–Kier alpha value is -1.44. The molecule has 1 amide bonds. The van der Waals surface area contributed by atoms with E-state index in [2.05, 4.69) is 19.2 Å². The minimum atomic E-state index is -3.44. The van der Waals surface area contributed by atoms with Crippen LogP contribution in [0.4, 0.5) is 0 Å². The summed E-state index contributed by atoms with van der Waals surface area (Å²) in [5, 5.41) is 5.21. The fourth-order valence-electron chi connectivity index (χ4n) is 4.13. The third-order valence-corrected chi connectivity index (χ3v) is 8.52. The SMILES string of the molecule is CCN(CC)S(=O)(=O)c1ccc([C@H](C)[NH2+]CC(=O)N[C@H]2CCC[C@H](C)[C@@H]2C)cc1. The van der Waals surface area contributed by atoms with Crippen molar-refractivity contribution in [3.05, 3.63) is 29.8 Å². The van der Waals surface area contributed by atoms with Crippen LogP contribution in [-0.4, -0.2) is 44.3 Å². The number of rotatable bonds is 9. The molecular formula is C22H38N3O3S+. The van der Waals surface area contributed by atoms with Gasteiger partial charge in [-0.05, 0) is 37.3 Å². The molecule has 164 valence electrons. The summed E-state index contributed by atoms with van der Waals surface area (Å²) in [5.74, 6) is 1.25. The van der Waals surface area contributed by atoms with Crippen molar-refractivity contribution in [2.45, 2.75) is 70.9 Å². The third-order valence-electron chi connectivity index (χ3n) is 6.46. The molecule has 1 aromatic rings. The molecule has 2 rings (SSSR count). The molecular weight excluding hydrogens is 386 g/mol. The van der Waals surface area contributed by atoms with Crippen molar-refractivity contribution in [2.75, 3.05) is 19.6 Å². The van der Waals surface area contributed by atoms with Crippen LogP contribution in [0.25, 0.3) is 0 Å². The van der Waals surface area contributed by atoms with E-state index in [0.29, 0.717) is 36.4 Å². The van der Waals surface area contributed by atoms with Gasteiger partial charge in [0.2, 0.25) is 10.0 Å². The minimum Gasteiger partial charge on any atom is -0.348 e. The van der Waals surface area contributed by atoms with Gasteiger partial charge >= 0.3 is 0 Å². The first kappa shape index (κ1) is 23.8. The minimum absolute atomic E-state index is 0.0727. The molecule has 0 bridgehead atoms. The zero-order valence-electron chi connectivity index (χ0n) is 18.5. The molecule has 0 heterocycles. The molecule has 0 unspecified atom stereocenters. The second kappa shape index (κ2) is 10.5. The summed E-state index contributed by atoms with van der Waals surface area (Å²) >= 11 is 0. The highest BCUT2D eigenvalue weighted by Gasteiger charge is 2.28. The molecule has 1 aromatic carbocycles. The molecule has 0 saturated heterocycles. The number of carbonyl (C=O) groups excluding carboxylic acids is 1. The lowest BCUT2D eigenvalue weighted by Gasteiger charge is -2.34. The lowest BCUT2D eigenvalue weighted by Crippen LogP contribution is -2.87. The lowest BCUT2D eigenvalue weighted by atomic mass is 9.78. The third kappa shape index (κ3) is 6.03. The fourth-order valence-corrected chi connectivity index (χ4v) is 5.59. The van der Waals surface area contributed by atoms with Crippen molar-refractivity contribution in [2.24, 2.45) is 11.8 Å². The maximum absolute atomic E-state index is 12.6. The van der Waals surface area contributed by atoms with Crippen LogP contribution in [0.15, 0.2) is 29.2 Å². The highest BCUT2D eigenvalue weighted by molar-refractivity contribution is 7.89. The van der Waals surface area contributed by atoms with Gasteiger partial charge in [0.05, 0.1) is 4.90 Å². The van der Waals surface area contributed by atoms with Crippen molar-refractivity contribution in [1.82, 2.24) is 9.62 Å². The summed E-state index contributed by atoms with van der Waals surface area (Å²) in [6.45, 7) is 11.5. The van der Waals surface area contributed by atoms with Crippen LogP contribution >= 0.6 is 0 Å². The molecule has 7 heteroatoms. The van der Waals surface area contributed by atoms with Gasteiger partial charge in [-0.3, -0.25) is 4.79 Å². The Kier molecular flexibility index (Phi) is 8.67. The van der Waals surface area contributed by atoms with Crippen molar-refractivity contribution >= 4 is 15.9 Å². The maximum Gasteiger partial charge on any atom is 0.275 e. The maximum atomic E-state index is 12.6. The smallest absolute Gasteiger partial charge is 0.275 e. The Bertz CT molecular complexity index is 760. The summed E-state index contributed by atoms with van der Waals surface area (Å²) in [7, 11) is -3.44. The number of benzene rings is 1. The van der Waals surface area contributed by atoms with Gasteiger partial charge in [-0.25, -0.2) is 8.42 Å². The van der Waals surface area contributed by atoms with Gasteiger partial charge in [-0.1, -0.05) is 52.7 Å². The molecule has 4 atom stereocenters. The van der Waals surface area contributed by atoms with Crippen LogP contribution in [0, 0.1) is 11.8 Å². The molecule has 0 radical (unpaired) electrons. The average Bonchev–Trinajstić information content (AvgIpc) is 2.70. The van der Waals surface area contributed by atoms with Gasteiger partial charge in [0.25, 0.3) is 5.91 Å². The van der Waals surface area contributed by atoms with Crippen LogP contribution in [0.3, 0.4) is 0 Å². The molecule has 0 spiro atoms. The van der Waals surface area contributed by atoms with E-state index in [1.165, 1.54) is 17.1 Å². The Balaban J connectivity index is 1.91. The Morgan fingerprint density at radius 3 is 2.38 bits per heavy atom. The average molecular weight is 425 g/mol. The quantitative estimate of drug-likeness (QED) is 0.638. The number of nitrogens with zero attached hydrogens (tertiary/aromatic N) is 1. The fraction of sp³-hybridized carbons (Fsp3) is 0.682. The Labute approximate surface area is 176 Å². The monoisotopic (exact) mass is 424 g/mol. The Morgan fingerprint density at radius 2 is 1.79 bits per heavy atom. The van der Waals surface area contributed by atoms with Crippen LogP contribution in [0.2, 0.25) is 0 Å². The number of carbonyl (C=O) groups is 1. The molecule has 29 heavy (non-hydrogen) atoms. The number of nitrogens with two attached hydrogens (primary N) is 1. The van der Waals surface area contributed by atoms with Crippen LogP contribution in [0.5, 0.6) is 0 Å². The summed E-state index contributed by atoms with van der Waals surface area (Å²) in [5.41, 5.74) is 1.01. The van der Waals surface area contributed by atoms with E-state index in [4.69, 9.17) is 0 Å². The number of hydrogen-bond acceptors (Lipinski definition) is 3. The molecule has 1 fully saturated rings. The van der Waals surface area contributed by atoms with Crippen molar-refractivity contribution in [1.29, 1.82) is 0 Å². The van der Waals surface area contributed by atoms with Crippen molar-refractivity contribution < 1.29 is 18.5 Å². The van der Waals surface area contributed by atoms with Gasteiger partial charge in [-0.15, -0.1) is 0 Å². The van der Waals surface area contributed by atoms with E-state index in [0.717, 1.165) is 12.0 Å². The van der Waals surface area contributed by atoms with E-state index >= 15 is 0 Å². The first-order valence-electron chi connectivity index (χ1n) is 10.9. The molecule has 1 aliphatic rings. The van der Waals surface area contributed by atoms with Gasteiger partial charge in [0, 0.05) is 24.7 Å². The highest BCUT2D eigenvalue weighted by Crippen LogP contribution is 2.29. The van der Waals surface area contributed by atoms with Crippen LogP contribution < -0.4 is 10.6 Å². The topological polar surface area (TPSA) is 83.1 Å². The number of amides is 1. The molecule has 6 nitrogen and oxygen atoms in total. The second-order valence-electron chi connectivity index (χ2n) is 8.33. The highest BCUT2D eigenvalue weighted by atomic mass is 32.2. The molecule has 0 aliphatic heterocycles. The normalized spacial score (nSPS) is 23.7. The molecule has 1 aliphatic carbocycles. The standard InChI is InChI=1S/C22H37N3O3S/c1-6-25(7-2)29(27,28)20-13-11-19(12-14-20)18(5)23-15-22(26)24-21-10-8-9-16(3)17(21)4/h11-14,16-18,21,23H,6-10,15H2,1-5H3,(H,24,26)/p+1/t16-,17-,18-,21-/m0/s1. The first-order chi connectivity index (χ1) is 13.7. The van der Waals surface area contributed by atoms with Gasteiger partial charge < -0.3 is 10.6 Å². The van der Waals surface area contributed by atoms with Gasteiger partial charge in [0.1, 0.15) is 6.04 Å². The predicted octanol–water partition coefficient (Wildman–Crippen LogP) is 2.28. The molecule has 0 aromatic heterocycles. The number of sulfonamides is 1. The van der Waals surface area contributed by atoms with Crippen LogP contribution in [0.1, 0.15) is 65.5 Å². The van der Waals surface area contributed by atoms with Gasteiger partial charge in [0.15, 0.2) is 6.54 Å². The summed E-state index contributed by atoms with van der Waals surface area (Å²) < 4.78 is 26.6. The number of nitrogens with one attached hydrogen (secondary N) is 1. The van der Waals surface area contributed by atoms with Crippen molar-refractivity contribution in [3.63, 3.8) is 0 Å². The first-order valence-corrected chi connectivity index (χ1v) is 12.4. The zero-order valence-corrected chi connectivity index (χ0v) is 19.3. The largest absolute Gasteiger partial charge is 0.348 e. The number of hydrogen-bond donors (Lipinski definition) is 2. The predicted molar refractivity (Wildman–Crippen MR) is 116 cm³/mol. The summed E-state index contributed by atoms with van der Waals surface area (Å²) in [6.07, 6.45) is 3.49. The van der Waals surface area contributed by atoms with E-state index in [1.807, 2.05) is 38.2 Å². The van der Waals surface area contributed by atoms with Crippen LogP contribution in [-0.2, 0) is 14.8 Å². The molecule has 3 N–H and O–H groups in total. The molecule has 1 saturated carbocycles. The lowest BCUT2D eigenvalue weighted by molar-refractivity contribution is -0.682. The summed E-state index contributed by atoms with van der Waals surface area (Å²) in [4.78, 5) is 12.7. The van der Waals surface area contributed by atoms with Crippen molar-refractivity contribution in [3.8, 4) is 0 Å². The number of quaternary nitrogens is 1. The van der Waals surface area contributed by atoms with E-state index in [1.54, 1.807) is 12.1 Å². The van der Waals surface area contributed by atoms with E-state index < -0.39 is 10.0 Å². The Morgan fingerprint density at radius 1 is 1.17 bits per heavy atom.